The molecule has 1 saturated heterocycles. The van der Waals surface area contributed by atoms with Gasteiger partial charge >= 0.3 is 13.1 Å². The van der Waals surface area contributed by atoms with Gasteiger partial charge in [-0.2, -0.15) is 0 Å². The van der Waals surface area contributed by atoms with E-state index in [2.05, 4.69) is 5.32 Å². The van der Waals surface area contributed by atoms with Crippen molar-refractivity contribution in [1.29, 1.82) is 0 Å². The van der Waals surface area contributed by atoms with E-state index in [1.165, 1.54) is 0 Å². The zero-order valence-electron chi connectivity index (χ0n) is 17.8. The van der Waals surface area contributed by atoms with Gasteiger partial charge in [0.15, 0.2) is 0 Å². The third kappa shape index (κ3) is 5.21. The smallest absolute Gasteiger partial charge is 0.456 e. The highest BCUT2D eigenvalue weighted by Crippen LogP contribution is 2.38. The maximum absolute atomic E-state index is 12.6. The van der Waals surface area contributed by atoms with Crippen molar-refractivity contribution in [3.63, 3.8) is 0 Å². The first-order valence-electron chi connectivity index (χ1n) is 9.39. The van der Waals surface area contributed by atoms with Crippen molar-refractivity contribution in [2.45, 2.75) is 65.3 Å². The second-order valence-corrected chi connectivity index (χ2v) is 8.93. The van der Waals surface area contributed by atoms with Crippen LogP contribution in [0.15, 0.2) is 29.7 Å². The molecule has 1 heterocycles. The monoisotopic (exact) mass is 373 g/mol. The summed E-state index contributed by atoms with van der Waals surface area (Å²) in [4.78, 5) is 12.6. The van der Waals surface area contributed by atoms with Crippen LogP contribution in [0, 0.1) is 0 Å². The molecule has 1 N–H and O–H groups in total. The van der Waals surface area contributed by atoms with Crippen LogP contribution >= 0.6 is 0 Å². The van der Waals surface area contributed by atoms with Crippen molar-refractivity contribution in [1.82, 2.24) is 5.32 Å². The molecule has 0 aromatic heterocycles. The summed E-state index contributed by atoms with van der Waals surface area (Å²) in [7, 11) is 1.40. The molecule has 1 aliphatic heterocycles. The van der Waals surface area contributed by atoms with E-state index < -0.39 is 23.9 Å². The number of nitrogens with one attached hydrogen (secondary N) is 1. The Bertz CT molecular complexity index is 703. The fourth-order valence-electron chi connectivity index (χ4n) is 2.74. The van der Waals surface area contributed by atoms with E-state index in [1.807, 2.05) is 79.8 Å². The number of ether oxygens (including phenoxy) is 1. The van der Waals surface area contributed by atoms with E-state index in [-0.39, 0.29) is 5.97 Å². The molecule has 6 heteroatoms. The lowest BCUT2D eigenvalue weighted by molar-refractivity contribution is 0.00578. The normalized spacial score (nSPS) is 19.3. The van der Waals surface area contributed by atoms with E-state index in [0.29, 0.717) is 12.1 Å². The Hall–Kier alpha value is -1.63. The van der Waals surface area contributed by atoms with Crippen molar-refractivity contribution < 1.29 is 18.8 Å². The lowest BCUT2D eigenvalue weighted by atomic mass is 9.76. The fourth-order valence-corrected chi connectivity index (χ4v) is 2.74. The third-order valence-corrected chi connectivity index (χ3v) is 4.86. The van der Waals surface area contributed by atoms with Crippen LogP contribution in [0.1, 0.15) is 64.4 Å². The number of esters is 1. The van der Waals surface area contributed by atoms with Crippen LogP contribution in [0.4, 0.5) is 0 Å². The average molecular weight is 373 g/mol. The van der Waals surface area contributed by atoms with Gasteiger partial charge in [-0.15, -0.1) is 0 Å². The largest absolute Gasteiger partial charge is 0.491 e. The first-order chi connectivity index (χ1) is 12.4. The first kappa shape index (κ1) is 21.7. The van der Waals surface area contributed by atoms with Gasteiger partial charge in [0, 0.05) is 6.54 Å². The zero-order chi connectivity index (χ0) is 20.5. The fraction of sp³-hybridized carbons (Fsp3) is 0.571. The lowest BCUT2D eigenvalue weighted by Gasteiger charge is -2.32. The van der Waals surface area contributed by atoms with Gasteiger partial charge < -0.3 is 19.4 Å². The van der Waals surface area contributed by atoms with E-state index in [1.54, 1.807) is 6.07 Å². The molecular formula is C21H32BNO4. The van der Waals surface area contributed by atoms with Crippen molar-refractivity contribution >= 4 is 19.2 Å². The minimum atomic E-state index is -0.548. The molecule has 1 aromatic carbocycles. The summed E-state index contributed by atoms with van der Waals surface area (Å²) >= 11 is 0. The summed E-state index contributed by atoms with van der Waals surface area (Å²) in [6.07, 6.45) is 1.96. The summed E-state index contributed by atoms with van der Waals surface area (Å²) in [5, 5.41) is 3.16. The zero-order valence-corrected chi connectivity index (χ0v) is 17.8. The quantitative estimate of drug-likeness (QED) is 0.627. The molecule has 0 spiro atoms. The molecule has 148 valence electrons. The number of carbonyl (C=O) groups is 1. The summed E-state index contributed by atoms with van der Waals surface area (Å²) in [6, 6.07) is 7.42. The highest BCUT2D eigenvalue weighted by molar-refractivity contribution is 6.56. The summed E-state index contributed by atoms with van der Waals surface area (Å²) in [5.41, 5.74) is 0.842. The Morgan fingerprint density at radius 1 is 1.15 bits per heavy atom. The van der Waals surface area contributed by atoms with Gasteiger partial charge in [-0.3, -0.25) is 0 Å². The van der Waals surface area contributed by atoms with Crippen LogP contribution in [0.3, 0.4) is 0 Å². The Morgan fingerprint density at radius 2 is 1.70 bits per heavy atom. The number of hydrogen-bond donors (Lipinski definition) is 1. The van der Waals surface area contributed by atoms with Crippen LogP contribution in [0.25, 0.3) is 6.08 Å². The van der Waals surface area contributed by atoms with E-state index in [9.17, 15) is 4.79 Å². The molecule has 0 aliphatic carbocycles. The molecule has 5 nitrogen and oxygen atoms in total. The molecule has 1 fully saturated rings. The first-order valence-corrected chi connectivity index (χ1v) is 9.39. The van der Waals surface area contributed by atoms with Crippen LogP contribution in [0.5, 0.6) is 0 Å². The Morgan fingerprint density at radius 3 is 2.22 bits per heavy atom. The SMILES string of the molecule is CNCC(=Cc1ccccc1C(=O)OC(C)(C)C)B1OC(C)(C)C(C)(C)O1. The molecule has 27 heavy (non-hydrogen) atoms. The van der Waals surface area contributed by atoms with E-state index in [4.69, 9.17) is 14.0 Å². The van der Waals surface area contributed by atoms with Crippen molar-refractivity contribution in [3.8, 4) is 0 Å². The molecule has 0 unspecified atom stereocenters. The van der Waals surface area contributed by atoms with Gasteiger partial charge in [-0.25, -0.2) is 4.79 Å². The van der Waals surface area contributed by atoms with Gasteiger partial charge in [0.1, 0.15) is 5.60 Å². The van der Waals surface area contributed by atoms with E-state index >= 15 is 0 Å². The highest BCUT2D eigenvalue weighted by atomic mass is 16.7. The maximum atomic E-state index is 12.6. The Balaban J connectivity index is 2.38. The van der Waals surface area contributed by atoms with Gasteiger partial charge in [0.2, 0.25) is 0 Å². The molecule has 0 amide bonds. The topological polar surface area (TPSA) is 56.8 Å². The predicted molar refractivity (Wildman–Crippen MR) is 110 cm³/mol. The molecule has 0 radical (unpaired) electrons. The molecular weight excluding hydrogens is 341 g/mol. The van der Waals surface area contributed by atoms with Gasteiger partial charge in [-0.1, -0.05) is 24.3 Å². The molecule has 1 aliphatic rings. The molecule has 0 atom stereocenters. The van der Waals surface area contributed by atoms with Crippen LogP contribution < -0.4 is 5.32 Å². The Labute approximate surface area is 163 Å². The number of carbonyl (C=O) groups excluding carboxylic acids is 1. The highest BCUT2D eigenvalue weighted by Gasteiger charge is 2.52. The Kier molecular flexibility index (Phi) is 6.24. The minimum Gasteiger partial charge on any atom is -0.456 e. The predicted octanol–water partition coefficient (Wildman–Crippen LogP) is 3.88. The van der Waals surface area contributed by atoms with Crippen LogP contribution in [0.2, 0.25) is 0 Å². The average Bonchev–Trinajstić information content (AvgIpc) is 2.73. The standard InChI is InChI=1S/C21H32BNO4/c1-19(2,3)25-18(24)17-12-10-9-11-15(17)13-16(14-23-8)22-26-20(4,5)21(6,7)27-22/h9-13,23H,14H2,1-8H3. The summed E-state index contributed by atoms with van der Waals surface area (Å²) in [6.45, 7) is 14.3. The van der Waals surface area contributed by atoms with Gasteiger partial charge in [-0.05, 0) is 72.6 Å². The number of rotatable bonds is 5. The number of hydrogen-bond acceptors (Lipinski definition) is 5. The van der Waals surface area contributed by atoms with Crippen molar-refractivity contribution in [3.05, 3.63) is 40.9 Å². The van der Waals surface area contributed by atoms with Gasteiger partial charge in [0.25, 0.3) is 0 Å². The van der Waals surface area contributed by atoms with Crippen LogP contribution in [-0.4, -0.2) is 43.5 Å². The summed E-state index contributed by atoms with van der Waals surface area (Å²) < 4.78 is 17.9. The number of benzene rings is 1. The number of likely N-dealkylation sites (N-methyl/N-ethyl adjacent to an activating group) is 1. The molecule has 0 saturated carbocycles. The molecule has 1 aromatic rings. The van der Waals surface area contributed by atoms with E-state index in [0.717, 1.165) is 11.0 Å². The second kappa shape index (κ2) is 7.78. The van der Waals surface area contributed by atoms with Crippen molar-refractivity contribution in [2.24, 2.45) is 0 Å². The summed E-state index contributed by atoms with van der Waals surface area (Å²) in [5.74, 6) is -0.341. The maximum Gasteiger partial charge on any atom is 0.491 e. The molecule has 0 bridgehead atoms. The van der Waals surface area contributed by atoms with Gasteiger partial charge in [0.05, 0.1) is 16.8 Å². The minimum absolute atomic E-state index is 0.341. The lowest BCUT2D eigenvalue weighted by Crippen LogP contribution is -2.41. The third-order valence-electron chi connectivity index (χ3n) is 4.86. The van der Waals surface area contributed by atoms with Crippen LogP contribution in [-0.2, 0) is 14.0 Å². The molecule has 2 rings (SSSR count). The van der Waals surface area contributed by atoms with Crippen molar-refractivity contribution in [2.75, 3.05) is 13.6 Å². The second-order valence-electron chi connectivity index (χ2n) is 8.93.